The SMILES string of the molecule is Cn1ncc2ncc(C#N)c(N3CC(CCNS(N)(=O)=O)C3)c21. The Morgan fingerprint density at radius 3 is 2.87 bits per heavy atom. The van der Waals surface area contributed by atoms with Crippen LogP contribution in [0.25, 0.3) is 11.0 Å². The summed E-state index contributed by atoms with van der Waals surface area (Å²) in [6.45, 7) is 1.83. The van der Waals surface area contributed by atoms with Gasteiger partial charge in [-0.05, 0) is 12.3 Å². The van der Waals surface area contributed by atoms with Crippen LogP contribution in [0.5, 0.6) is 0 Å². The second kappa shape index (κ2) is 5.77. The molecule has 1 fully saturated rings. The zero-order chi connectivity index (χ0) is 16.6. The zero-order valence-electron chi connectivity index (χ0n) is 12.6. The van der Waals surface area contributed by atoms with Gasteiger partial charge in [-0.25, -0.2) is 9.86 Å². The van der Waals surface area contributed by atoms with E-state index in [9.17, 15) is 13.7 Å². The van der Waals surface area contributed by atoms with Crippen LogP contribution in [0, 0.1) is 17.2 Å². The molecule has 9 nitrogen and oxygen atoms in total. The van der Waals surface area contributed by atoms with E-state index in [0.717, 1.165) is 29.8 Å². The van der Waals surface area contributed by atoms with E-state index in [2.05, 4.69) is 25.8 Å². The quantitative estimate of drug-likeness (QED) is 0.754. The van der Waals surface area contributed by atoms with E-state index in [1.807, 2.05) is 7.05 Å². The summed E-state index contributed by atoms with van der Waals surface area (Å²) >= 11 is 0. The van der Waals surface area contributed by atoms with Crippen molar-refractivity contribution in [1.29, 1.82) is 5.26 Å². The van der Waals surface area contributed by atoms with Crippen molar-refractivity contribution in [1.82, 2.24) is 19.5 Å². The molecule has 0 spiro atoms. The molecule has 122 valence electrons. The lowest BCUT2D eigenvalue weighted by Crippen LogP contribution is -2.48. The molecule has 1 aliphatic rings. The van der Waals surface area contributed by atoms with Crippen LogP contribution in [0.2, 0.25) is 0 Å². The van der Waals surface area contributed by atoms with Crippen LogP contribution in [0.1, 0.15) is 12.0 Å². The molecular weight excluding hydrogens is 318 g/mol. The highest BCUT2D eigenvalue weighted by Crippen LogP contribution is 2.34. The van der Waals surface area contributed by atoms with Gasteiger partial charge in [0.1, 0.15) is 17.1 Å². The second-order valence-corrected chi connectivity index (χ2v) is 7.01. The van der Waals surface area contributed by atoms with Crippen LogP contribution in [-0.2, 0) is 17.3 Å². The number of fused-ring (bicyclic) bond motifs is 1. The number of nitrogens with zero attached hydrogens (tertiary/aromatic N) is 5. The van der Waals surface area contributed by atoms with Crippen LogP contribution >= 0.6 is 0 Å². The number of rotatable bonds is 5. The fourth-order valence-corrected chi connectivity index (χ4v) is 3.26. The van der Waals surface area contributed by atoms with Gasteiger partial charge in [0.15, 0.2) is 0 Å². The Hall–Kier alpha value is -2.22. The molecule has 10 heteroatoms. The molecule has 0 aliphatic carbocycles. The lowest BCUT2D eigenvalue weighted by atomic mass is 9.95. The molecule has 0 saturated carbocycles. The third kappa shape index (κ3) is 3.12. The maximum absolute atomic E-state index is 10.8. The van der Waals surface area contributed by atoms with Crippen molar-refractivity contribution >= 4 is 26.9 Å². The standard InChI is InChI=1S/C13H17N7O2S/c1-19-13-11(6-17-19)16-5-10(4-14)12(13)20-7-9(8-20)2-3-18-23(15,21)22/h5-6,9,18H,2-3,7-8H2,1H3,(H2,15,21,22). The van der Waals surface area contributed by atoms with Gasteiger partial charge < -0.3 is 4.90 Å². The van der Waals surface area contributed by atoms with Gasteiger partial charge in [0.2, 0.25) is 0 Å². The van der Waals surface area contributed by atoms with Gasteiger partial charge in [-0.15, -0.1) is 0 Å². The van der Waals surface area contributed by atoms with Crippen LogP contribution in [-0.4, -0.2) is 42.8 Å². The minimum absolute atomic E-state index is 0.319. The molecule has 1 saturated heterocycles. The summed E-state index contributed by atoms with van der Waals surface area (Å²) in [6.07, 6.45) is 3.94. The van der Waals surface area contributed by atoms with Gasteiger partial charge >= 0.3 is 0 Å². The maximum atomic E-state index is 10.8. The highest BCUT2D eigenvalue weighted by Gasteiger charge is 2.30. The van der Waals surface area contributed by atoms with Gasteiger partial charge in [-0.2, -0.15) is 18.8 Å². The molecule has 0 bridgehead atoms. The summed E-state index contributed by atoms with van der Waals surface area (Å²) in [5, 5.41) is 18.4. The number of pyridine rings is 1. The van der Waals surface area contributed by atoms with E-state index in [4.69, 9.17) is 5.14 Å². The first-order valence-electron chi connectivity index (χ1n) is 7.12. The average molecular weight is 335 g/mol. The molecule has 3 N–H and O–H groups in total. The fourth-order valence-electron chi connectivity index (χ4n) is 2.86. The largest absolute Gasteiger partial charge is 0.368 e. The predicted octanol–water partition coefficient (Wildman–Crippen LogP) is -0.541. The second-order valence-electron chi connectivity index (χ2n) is 5.63. The number of aromatic nitrogens is 3. The van der Waals surface area contributed by atoms with Crippen LogP contribution in [0.3, 0.4) is 0 Å². The van der Waals surface area contributed by atoms with Gasteiger partial charge in [-0.1, -0.05) is 0 Å². The van der Waals surface area contributed by atoms with E-state index >= 15 is 0 Å². The van der Waals surface area contributed by atoms with Gasteiger partial charge in [0, 0.05) is 32.9 Å². The summed E-state index contributed by atoms with van der Waals surface area (Å²) in [5.74, 6) is 0.354. The normalized spacial score (nSPS) is 15.6. The Bertz CT molecular complexity index is 878. The number of nitrogens with two attached hydrogens (primary N) is 1. The predicted molar refractivity (Wildman–Crippen MR) is 84.7 cm³/mol. The number of aryl methyl sites for hydroxylation is 1. The lowest BCUT2D eigenvalue weighted by Gasteiger charge is -2.41. The number of nitriles is 1. The fraction of sp³-hybridized carbons (Fsp3) is 0.462. The van der Waals surface area contributed by atoms with Crippen molar-refractivity contribution in [3.63, 3.8) is 0 Å². The Morgan fingerprint density at radius 1 is 1.48 bits per heavy atom. The van der Waals surface area contributed by atoms with Gasteiger partial charge in [0.05, 0.1) is 17.4 Å². The van der Waals surface area contributed by atoms with Crippen molar-refractivity contribution < 1.29 is 8.42 Å². The molecule has 1 aliphatic heterocycles. The Morgan fingerprint density at radius 2 is 2.22 bits per heavy atom. The smallest absolute Gasteiger partial charge is 0.274 e. The Kier molecular flexibility index (Phi) is 3.93. The first-order chi connectivity index (χ1) is 10.9. The molecule has 0 atom stereocenters. The van der Waals surface area contributed by atoms with E-state index in [0.29, 0.717) is 24.4 Å². The number of hydrogen-bond acceptors (Lipinski definition) is 6. The van der Waals surface area contributed by atoms with Crippen molar-refractivity contribution in [2.24, 2.45) is 18.1 Å². The van der Waals surface area contributed by atoms with E-state index in [1.54, 1.807) is 17.1 Å². The molecule has 3 heterocycles. The van der Waals surface area contributed by atoms with Crippen molar-refractivity contribution in [3.8, 4) is 6.07 Å². The van der Waals surface area contributed by atoms with Crippen molar-refractivity contribution in [2.45, 2.75) is 6.42 Å². The summed E-state index contributed by atoms with van der Waals surface area (Å²) in [6, 6.07) is 2.18. The van der Waals surface area contributed by atoms with E-state index in [1.165, 1.54) is 0 Å². The summed E-state index contributed by atoms with van der Waals surface area (Å²) in [7, 11) is -1.81. The molecule has 2 aromatic rings. The molecular formula is C13H17N7O2S. The molecule has 0 radical (unpaired) electrons. The van der Waals surface area contributed by atoms with E-state index in [-0.39, 0.29) is 0 Å². The first-order valence-corrected chi connectivity index (χ1v) is 8.67. The summed E-state index contributed by atoms with van der Waals surface area (Å²) in [5.41, 5.74) is 2.95. The minimum Gasteiger partial charge on any atom is -0.368 e. The van der Waals surface area contributed by atoms with Crippen LogP contribution in [0.15, 0.2) is 12.4 Å². The number of nitrogens with one attached hydrogen (secondary N) is 1. The Labute approximate surface area is 133 Å². The molecule has 23 heavy (non-hydrogen) atoms. The molecule has 2 aromatic heterocycles. The maximum Gasteiger partial charge on any atom is 0.274 e. The topological polar surface area (TPSA) is 130 Å². The first kappa shape index (κ1) is 15.7. The Balaban J connectivity index is 1.74. The molecule has 0 unspecified atom stereocenters. The number of anilines is 1. The van der Waals surface area contributed by atoms with Gasteiger partial charge in [-0.3, -0.25) is 9.67 Å². The third-order valence-corrected chi connectivity index (χ3v) is 4.59. The molecule has 0 amide bonds. The minimum atomic E-state index is -3.63. The summed E-state index contributed by atoms with van der Waals surface area (Å²) < 4.78 is 25.7. The zero-order valence-corrected chi connectivity index (χ0v) is 13.4. The molecule has 0 aromatic carbocycles. The van der Waals surface area contributed by atoms with E-state index < -0.39 is 10.2 Å². The number of hydrogen-bond donors (Lipinski definition) is 2. The van der Waals surface area contributed by atoms with Gasteiger partial charge in [0.25, 0.3) is 10.2 Å². The van der Waals surface area contributed by atoms with Crippen molar-refractivity contribution in [3.05, 3.63) is 18.0 Å². The lowest BCUT2D eigenvalue weighted by molar-refractivity contribution is 0.384. The van der Waals surface area contributed by atoms with Crippen LogP contribution in [0.4, 0.5) is 5.69 Å². The highest BCUT2D eigenvalue weighted by molar-refractivity contribution is 7.87. The molecule has 3 rings (SSSR count). The average Bonchev–Trinajstić information content (AvgIpc) is 2.81. The van der Waals surface area contributed by atoms with Crippen molar-refractivity contribution in [2.75, 3.05) is 24.5 Å². The summed E-state index contributed by atoms with van der Waals surface area (Å²) in [4.78, 5) is 6.35. The monoisotopic (exact) mass is 335 g/mol. The van der Waals surface area contributed by atoms with Crippen LogP contribution < -0.4 is 14.8 Å². The highest BCUT2D eigenvalue weighted by atomic mass is 32.2. The third-order valence-electron chi connectivity index (χ3n) is 3.98.